The SMILES string of the molecule is Cc1cc(C(=O)[O-])c(-n2cccc2)s1. The normalized spacial score (nSPS) is 10.4. The molecule has 0 fully saturated rings. The molecule has 0 atom stereocenters. The fourth-order valence-corrected chi connectivity index (χ4v) is 2.27. The van der Waals surface area contributed by atoms with Gasteiger partial charge in [-0.25, -0.2) is 0 Å². The van der Waals surface area contributed by atoms with Gasteiger partial charge in [0.15, 0.2) is 0 Å². The number of thiophene rings is 1. The molecular formula is C10H8NO2S-. The summed E-state index contributed by atoms with van der Waals surface area (Å²) < 4.78 is 1.78. The Labute approximate surface area is 85.2 Å². The summed E-state index contributed by atoms with van der Waals surface area (Å²) >= 11 is 1.44. The highest BCUT2D eigenvalue weighted by Crippen LogP contribution is 2.25. The lowest BCUT2D eigenvalue weighted by atomic mass is 10.3. The largest absolute Gasteiger partial charge is 0.545 e. The zero-order chi connectivity index (χ0) is 10.1. The summed E-state index contributed by atoms with van der Waals surface area (Å²) in [7, 11) is 0. The molecule has 0 aliphatic heterocycles. The molecule has 2 heterocycles. The molecule has 0 radical (unpaired) electrons. The highest BCUT2D eigenvalue weighted by atomic mass is 32.1. The quantitative estimate of drug-likeness (QED) is 0.741. The summed E-state index contributed by atoms with van der Waals surface area (Å²) in [6.45, 7) is 1.88. The Bertz CT molecular complexity index is 456. The summed E-state index contributed by atoms with van der Waals surface area (Å²) in [5.74, 6) is -1.13. The number of rotatable bonds is 2. The molecule has 0 saturated heterocycles. The number of carboxylic acids is 1. The second-order valence-electron chi connectivity index (χ2n) is 2.95. The van der Waals surface area contributed by atoms with Gasteiger partial charge < -0.3 is 14.5 Å². The van der Waals surface area contributed by atoms with Crippen molar-refractivity contribution in [1.29, 1.82) is 0 Å². The predicted molar refractivity (Wildman–Crippen MR) is 52.7 cm³/mol. The van der Waals surface area contributed by atoms with Gasteiger partial charge in [-0.05, 0) is 25.1 Å². The third-order valence-electron chi connectivity index (χ3n) is 1.89. The molecule has 2 aromatic heterocycles. The van der Waals surface area contributed by atoms with Crippen LogP contribution in [-0.4, -0.2) is 10.5 Å². The van der Waals surface area contributed by atoms with Crippen LogP contribution in [0.2, 0.25) is 0 Å². The number of carbonyl (C=O) groups excluding carboxylic acids is 1. The van der Waals surface area contributed by atoms with E-state index in [4.69, 9.17) is 0 Å². The first-order valence-electron chi connectivity index (χ1n) is 4.13. The molecule has 0 amide bonds. The number of aromatic nitrogens is 1. The minimum atomic E-state index is -1.13. The van der Waals surface area contributed by atoms with Crippen LogP contribution >= 0.6 is 11.3 Å². The van der Waals surface area contributed by atoms with E-state index in [9.17, 15) is 9.90 Å². The van der Waals surface area contributed by atoms with E-state index >= 15 is 0 Å². The van der Waals surface area contributed by atoms with E-state index in [0.29, 0.717) is 5.00 Å². The van der Waals surface area contributed by atoms with Crippen molar-refractivity contribution in [3.05, 3.63) is 41.0 Å². The van der Waals surface area contributed by atoms with E-state index < -0.39 is 5.97 Å². The highest BCUT2D eigenvalue weighted by Gasteiger charge is 2.08. The van der Waals surface area contributed by atoms with Gasteiger partial charge in [0.25, 0.3) is 0 Å². The van der Waals surface area contributed by atoms with E-state index in [1.54, 1.807) is 10.6 Å². The van der Waals surface area contributed by atoms with Gasteiger partial charge in [0.05, 0.1) is 5.97 Å². The van der Waals surface area contributed by atoms with Crippen LogP contribution in [0.3, 0.4) is 0 Å². The molecule has 2 aromatic rings. The molecule has 0 aliphatic carbocycles. The molecule has 4 heteroatoms. The molecule has 2 rings (SSSR count). The first-order chi connectivity index (χ1) is 6.68. The lowest BCUT2D eigenvalue weighted by molar-refractivity contribution is -0.254. The van der Waals surface area contributed by atoms with E-state index in [-0.39, 0.29) is 5.56 Å². The first kappa shape index (κ1) is 9.02. The van der Waals surface area contributed by atoms with Crippen molar-refractivity contribution >= 4 is 17.3 Å². The van der Waals surface area contributed by atoms with Crippen LogP contribution < -0.4 is 5.11 Å². The number of nitrogens with zero attached hydrogens (tertiary/aromatic N) is 1. The van der Waals surface area contributed by atoms with Gasteiger partial charge in [0, 0.05) is 22.8 Å². The van der Waals surface area contributed by atoms with Crippen LogP contribution in [0.4, 0.5) is 0 Å². The number of aryl methyl sites for hydroxylation is 1. The Balaban J connectivity index is 2.58. The lowest BCUT2D eigenvalue weighted by Gasteiger charge is -2.04. The Morgan fingerprint density at radius 3 is 2.64 bits per heavy atom. The molecule has 72 valence electrons. The Morgan fingerprint density at radius 1 is 1.43 bits per heavy atom. The number of hydrogen-bond acceptors (Lipinski definition) is 3. The minimum Gasteiger partial charge on any atom is -0.545 e. The molecular weight excluding hydrogens is 198 g/mol. The zero-order valence-corrected chi connectivity index (χ0v) is 8.38. The Kier molecular flexibility index (Phi) is 2.13. The molecule has 0 unspecified atom stereocenters. The van der Waals surface area contributed by atoms with Crippen molar-refractivity contribution in [3.63, 3.8) is 0 Å². The molecule has 14 heavy (non-hydrogen) atoms. The van der Waals surface area contributed by atoms with Crippen molar-refractivity contribution in [2.75, 3.05) is 0 Å². The summed E-state index contributed by atoms with van der Waals surface area (Å²) in [5.41, 5.74) is 0.253. The van der Waals surface area contributed by atoms with Gasteiger partial charge in [-0.3, -0.25) is 0 Å². The van der Waals surface area contributed by atoms with Crippen molar-refractivity contribution in [3.8, 4) is 5.00 Å². The van der Waals surface area contributed by atoms with E-state index in [2.05, 4.69) is 0 Å². The Hall–Kier alpha value is -1.55. The fraction of sp³-hybridized carbons (Fsp3) is 0.100. The van der Waals surface area contributed by atoms with Crippen molar-refractivity contribution in [2.45, 2.75) is 6.92 Å². The molecule has 0 N–H and O–H groups in total. The maximum atomic E-state index is 10.8. The number of carbonyl (C=O) groups is 1. The van der Waals surface area contributed by atoms with Crippen molar-refractivity contribution < 1.29 is 9.90 Å². The van der Waals surface area contributed by atoms with Gasteiger partial charge >= 0.3 is 0 Å². The van der Waals surface area contributed by atoms with Gasteiger partial charge in [0.2, 0.25) is 0 Å². The zero-order valence-electron chi connectivity index (χ0n) is 7.56. The average molecular weight is 206 g/mol. The highest BCUT2D eigenvalue weighted by molar-refractivity contribution is 7.14. The average Bonchev–Trinajstić information content (AvgIpc) is 2.70. The first-order valence-corrected chi connectivity index (χ1v) is 4.95. The topological polar surface area (TPSA) is 45.1 Å². The van der Waals surface area contributed by atoms with E-state index in [1.807, 2.05) is 31.5 Å². The van der Waals surface area contributed by atoms with Crippen LogP contribution in [0.1, 0.15) is 15.2 Å². The molecule has 0 spiro atoms. The summed E-state index contributed by atoms with van der Waals surface area (Å²) in [5, 5.41) is 11.5. The number of carboxylic acid groups (broad SMARTS) is 1. The maximum Gasteiger partial charge on any atom is 0.108 e. The van der Waals surface area contributed by atoms with Crippen molar-refractivity contribution in [2.24, 2.45) is 0 Å². The molecule has 0 bridgehead atoms. The van der Waals surface area contributed by atoms with Crippen LogP contribution in [0.5, 0.6) is 0 Å². The fourth-order valence-electron chi connectivity index (χ4n) is 1.31. The van der Waals surface area contributed by atoms with Gasteiger partial charge in [-0.15, -0.1) is 11.3 Å². The van der Waals surface area contributed by atoms with Gasteiger partial charge in [0.1, 0.15) is 5.00 Å². The lowest BCUT2D eigenvalue weighted by Crippen LogP contribution is -2.22. The smallest absolute Gasteiger partial charge is 0.108 e. The third kappa shape index (κ3) is 1.44. The third-order valence-corrected chi connectivity index (χ3v) is 2.96. The van der Waals surface area contributed by atoms with Crippen LogP contribution in [-0.2, 0) is 0 Å². The maximum absolute atomic E-state index is 10.8. The van der Waals surface area contributed by atoms with Crippen molar-refractivity contribution in [1.82, 2.24) is 4.57 Å². The predicted octanol–water partition coefficient (Wildman–Crippen LogP) is 1.21. The van der Waals surface area contributed by atoms with Crippen LogP contribution in [0, 0.1) is 6.92 Å². The summed E-state index contributed by atoms with van der Waals surface area (Å²) in [4.78, 5) is 11.8. The second-order valence-corrected chi connectivity index (χ2v) is 4.19. The minimum absolute atomic E-state index is 0.253. The standard InChI is InChI=1S/C10H9NO2S/c1-7-6-8(10(12)13)9(14-7)11-4-2-3-5-11/h2-6H,1H3,(H,12,13)/p-1. The molecule has 0 aliphatic rings. The summed E-state index contributed by atoms with van der Waals surface area (Å²) in [6, 6.07) is 5.34. The van der Waals surface area contributed by atoms with Crippen LogP contribution in [0.15, 0.2) is 30.6 Å². The van der Waals surface area contributed by atoms with Gasteiger partial charge in [-0.2, -0.15) is 0 Å². The number of aromatic carboxylic acids is 1. The van der Waals surface area contributed by atoms with Gasteiger partial charge in [-0.1, -0.05) is 0 Å². The second kappa shape index (κ2) is 3.31. The molecule has 0 saturated carbocycles. The molecule has 3 nitrogen and oxygen atoms in total. The summed E-state index contributed by atoms with van der Waals surface area (Å²) in [6.07, 6.45) is 3.63. The molecule has 0 aromatic carbocycles. The Morgan fingerprint density at radius 2 is 2.07 bits per heavy atom. The monoisotopic (exact) mass is 206 g/mol. The number of hydrogen-bond donors (Lipinski definition) is 0. The van der Waals surface area contributed by atoms with E-state index in [0.717, 1.165) is 4.88 Å². The van der Waals surface area contributed by atoms with E-state index in [1.165, 1.54) is 11.3 Å². The van der Waals surface area contributed by atoms with Crippen LogP contribution in [0.25, 0.3) is 5.00 Å².